The molecule has 0 aliphatic carbocycles. The minimum Gasteiger partial charge on any atom is -0.397 e. The van der Waals surface area contributed by atoms with E-state index in [0.29, 0.717) is 35.7 Å². The van der Waals surface area contributed by atoms with Crippen molar-refractivity contribution in [2.45, 2.75) is 6.92 Å². The van der Waals surface area contributed by atoms with Crippen molar-refractivity contribution in [3.8, 4) is 10.4 Å². The number of likely N-dealkylation sites (N-methyl/N-ethyl adjacent to an activating group) is 1. The van der Waals surface area contributed by atoms with Gasteiger partial charge in [0.25, 0.3) is 5.91 Å². The van der Waals surface area contributed by atoms with Crippen molar-refractivity contribution in [2.75, 3.05) is 36.0 Å². The first-order valence-corrected chi connectivity index (χ1v) is 11.5. The molecule has 0 radical (unpaired) electrons. The number of nitrogens with one attached hydrogen (secondary N) is 2. The SMILES string of the molecule is CCN1CCN(C(=O)Nc2ccc(C(=O)Nc3cc(-c4cccs4)ccc3N)cc2)C(=O)C1=O. The molecule has 4 rings (SSSR count). The first-order chi connectivity index (χ1) is 16.4. The predicted octanol–water partition coefficient (Wildman–Crippen LogP) is 3.47. The third kappa shape index (κ3) is 4.76. The van der Waals surface area contributed by atoms with Crippen LogP contribution in [-0.4, -0.2) is 53.2 Å². The molecule has 1 aliphatic rings. The molecule has 9 nitrogen and oxygen atoms in total. The molecule has 4 N–H and O–H groups in total. The van der Waals surface area contributed by atoms with E-state index in [1.165, 1.54) is 4.90 Å². The highest BCUT2D eigenvalue weighted by Crippen LogP contribution is 2.30. The van der Waals surface area contributed by atoms with Gasteiger partial charge in [0.15, 0.2) is 0 Å². The molecular formula is C24H23N5O4S. The summed E-state index contributed by atoms with van der Waals surface area (Å²) in [6, 6.07) is 14.9. The number of anilines is 3. The zero-order valence-corrected chi connectivity index (χ0v) is 19.2. The van der Waals surface area contributed by atoms with Crippen molar-refractivity contribution in [2.24, 2.45) is 0 Å². The van der Waals surface area contributed by atoms with Crippen LogP contribution in [0.5, 0.6) is 0 Å². The Morgan fingerprint density at radius 1 is 1.00 bits per heavy atom. The Bertz CT molecular complexity index is 1240. The van der Waals surface area contributed by atoms with Crippen molar-refractivity contribution >= 4 is 52.2 Å². The summed E-state index contributed by atoms with van der Waals surface area (Å²) in [5.41, 5.74) is 8.69. The number of nitrogens with zero attached hydrogens (tertiary/aromatic N) is 2. The van der Waals surface area contributed by atoms with Crippen LogP contribution >= 0.6 is 11.3 Å². The molecule has 2 heterocycles. The summed E-state index contributed by atoms with van der Waals surface area (Å²) >= 11 is 1.59. The van der Waals surface area contributed by atoms with Gasteiger partial charge < -0.3 is 21.3 Å². The summed E-state index contributed by atoms with van der Waals surface area (Å²) < 4.78 is 0. The van der Waals surface area contributed by atoms with Crippen molar-refractivity contribution in [1.82, 2.24) is 9.80 Å². The number of piperazine rings is 1. The zero-order chi connectivity index (χ0) is 24.2. The number of nitrogen functional groups attached to an aromatic ring is 1. The minimum absolute atomic E-state index is 0.122. The van der Waals surface area contributed by atoms with Gasteiger partial charge in [-0.05, 0) is 60.3 Å². The number of thiophene rings is 1. The van der Waals surface area contributed by atoms with E-state index in [9.17, 15) is 19.2 Å². The molecule has 10 heteroatoms. The van der Waals surface area contributed by atoms with E-state index >= 15 is 0 Å². The van der Waals surface area contributed by atoms with Gasteiger partial charge in [-0.2, -0.15) is 0 Å². The van der Waals surface area contributed by atoms with Crippen molar-refractivity contribution in [1.29, 1.82) is 0 Å². The molecule has 5 amide bonds. The van der Waals surface area contributed by atoms with Gasteiger partial charge in [0.1, 0.15) is 0 Å². The van der Waals surface area contributed by atoms with Crippen LogP contribution in [0.1, 0.15) is 17.3 Å². The van der Waals surface area contributed by atoms with E-state index < -0.39 is 17.8 Å². The van der Waals surface area contributed by atoms with E-state index in [2.05, 4.69) is 10.6 Å². The lowest BCUT2D eigenvalue weighted by molar-refractivity contribution is -0.153. The maximum atomic E-state index is 12.7. The van der Waals surface area contributed by atoms with Gasteiger partial charge in [-0.1, -0.05) is 12.1 Å². The normalized spacial score (nSPS) is 13.7. The lowest BCUT2D eigenvalue weighted by Gasteiger charge is -2.31. The quantitative estimate of drug-likeness (QED) is 0.383. The molecule has 3 aromatic rings. The van der Waals surface area contributed by atoms with Crippen LogP contribution in [0.15, 0.2) is 60.0 Å². The summed E-state index contributed by atoms with van der Waals surface area (Å²) in [5.74, 6) is -1.91. The summed E-state index contributed by atoms with van der Waals surface area (Å²) in [6.07, 6.45) is 0. The van der Waals surface area contributed by atoms with Crippen LogP contribution in [-0.2, 0) is 9.59 Å². The maximum Gasteiger partial charge on any atom is 0.329 e. The average molecular weight is 478 g/mol. The molecule has 2 aromatic carbocycles. The van der Waals surface area contributed by atoms with Gasteiger partial charge in [0, 0.05) is 35.8 Å². The Morgan fingerprint density at radius 3 is 2.44 bits per heavy atom. The third-order valence-electron chi connectivity index (χ3n) is 5.44. The van der Waals surface area contributed by atoms with Gasteiger partial charge in [0.05, 0.1) is 11.4 Å². The van der Waals surface area contributed by atoms with Gasteiger partial charge in [-0.25, -0.2) is 4.79 Å². The second-order valence-corrected chi connectivity index (χ2v) is 8.53. The first-order valence-electron chi connectivity index (χ1n) is 10.6. The molecule has 1 aromatic heterocycles. The lowest BCUT2D eigenvalue weighted by Crippen LogP contribution is -2.56. The summed E-state index contributed by atoms with van der Waals surface area (Å²) in [7, 11) is 0. The summed E-state index contributed by atoms with van der Waals surface area (Å²) in [5, 5.41) is 7.38. The number of nitrogens with two attached hydrogens (primary N) is 1. The smallest absolute Gasteiger partial charge is 0.329 e. The van der Waals surface area contributed by atoms with Crippen LogP contribution in [0.3, 0.4) is 0 Å². The number of hydrogen-bond donors (Lipinski definition) is 3. The number of hydrogen-bond acceptors (Lipinski definition) is 6. The van der Waals surface area contributed by atoms with E-state index in [4.69, 9.17) is 5.73 Å². The number of urea groups is 1. The van der Waals surface area contributed by atoms with Crippen LogP contribution in [0.2, 0.25) is 0 Å². The van der Waals surface area contributed by atoms with Gasteiger partial charge in [0.2, 0.25) is 0 Å². The maximum absolute atomic E-state index is 12.7. The van der Waals surface area contributed by atoms with Gasteiger partial charge in [-0.15, -0.1) is 11.3 Å². The molecule has 0 unspecified atom stereocenters. The molecule has 34 heavy (non-hydrogen) atoms. The van der Waals surface area contributed by atoms with Crippen LogP contribution in [0, 0.1) is 0 Å². The number of rotatable bonds is 5. The highest BCUT2D eigenvalue weighted by Gasteiger charge is 2.35. The Balaban J connectivity index is 1.40. The van der Waals surface area contributed by atoms with E-state index in [0.717, 1.165) is 15.3 Å². The average Bonchev–Trinajstić information content (AvgIpc) is 3.37. The second-order valence-electron chi connectivity index (χ2n) is 7.58. The number of imide groups is 1. The van der Waals surface area contributed by atoms with Crippen LogP contribution < -0.4 is 16.4 Å². The summed E-state index contributed by atoms with van der Waals surface area (Å²) in [4.78, 5) is 52.7. The fourth-order valence-electron chi connectivity index (χ4n) is 3.52. The molecule has 1 saturated heterocycles. The van der Waals surface area contributed by atoms with Crippen molar-refractivity contribution < 1.29 is 19.2 Å². The molecule has 0 spiro atoms. The zero-order valence-electron chi connectivity index (χ0n) is 18.4. The van der Waals surface area contributed by atoms with E-state index in [1.54, 1.807) is 48.6 Å². The van der Waals surface area contributed by atoms with Crippen LogP contribution in [0.4, 0.5) is 21.9 Å². The highest BCUT2D eigenvalue weighted by molar-refractivity contribution is 7.13. The number of amides is 5. The van der Waals surface area contributed by atoms with Gasteiger partial charge in [-0.3, -0.25) is 19.3 Å². The van der Waals surface area contributed by atoms with E-state index in [-0.39, 0.29) is 12.5 Å². The number of benzene rings is 2. The largest absolute Gasteiger partial charge is 0.397 e. The molecular weight excluding hydrogens is 454 g/mol. The van der Waals surface area contributed by atoms with Crippen molar-refractivity contribution in [3.05, 3.63) is 65.5 Å². The molecule has 0 atom stereocenters. The van der Waals surface area contributed by atoms with Crippen molar-refractivity contribution in [3.63, 3.8) is 0 Å². The molecule has 0 bridgehead atoms. The molecule has 0 saturated carbocycles. The Labute approximate surface area is 200 Å². The third-order valence-corrected chi connectivity index (χ3v) is 6.36. The standard InChI is InChI=1S/C24H23N5O4S/c1-2-28-11-12-29(23(32)22(28)31)24(33)26-17-8-5-15(6-9-17)21(30)27-19-14-16(7-10-18(19)25)20-4-3-13-34-20/h3-10,13-14H,2,11-12,25H2,1H3,(H,26,33)(H,27,30). The Morgan fingerprint density at radius 2 is 1.76 bits per heavy atom. The fourth-order valence-corrected chi connectivity index (χ4v) is 4.24. The predicted molar refractivity (Wildman–Crippen MR) is 132 cm³/mol. The summed E-state index contributed by atoms with van der Waals surface area (Å²) in [6.45, 7) is 2.60. The lowest BCUT2D eigenvalue weighted by atomic mass is 10.1. The second kappa shape index (κ2) is 9.75. The highest BCUT2D eigenvalue weighted by atomic mass is 32.1. The minimum atomic E-state index is -0.857. The fraction of sp³-hybridized carbons (Fsp3) is 0.167. The number of carbonyl (C=O) groups is 4. The first kappa shape index (κ1) is 23.0. The van der Waals surface area contributed by atoms with Gasteiger partial charge >= 0.3 is 17.8 Å². The molecule has 1 fully saturated rings. The Hall–Kier alpha value is -4.18. The topological polar surface area (TPSA) is 125 Å². The Kier molecular flexibility index (Phi) is 6.60. The van der Waals surface area contributed by atoms with E-state index in [1.807, 2.05) is 29.6 Å². The molecule has 174 valence electrons. The molecule has 1 aliphatic heterocycles. The van der Waals surface area contributed by atoms with Crippen LogP contribution in [0.25, 0.3) is 10.4 Å². The monoisotopic (exact) mass is 477 g/mol. The number of carbonyl (C=O) groups excluding carboxylic acids is 4.